The molecule has 0 aliphatic carbocycles. The zero-order valence-electron chi connectivity index (χ0n) is 0. The Balaban J connectivity index is 0. The average molecular weight is 264 g/mol. The van der Waals surface area contributed by atoms with Crippen molar-refractivity contribution in [2.24, 2.45) is 0 Å². The molecule has 0 saturated carbocycles. The van der Waals surface area contributed by atoms with Crippen LogP contribution in [0, 0.1) is 0 Å². The molecular weight excluding hydrogens is 252 g/mol. The van der Waals surface area contributed by atoms with Crippen molar-refractivity contribution >= 4 is 94.9 Å². The fraction of sp³-hybridized carbons (Fsp3) is 0. The third-order valence-corrected chi connectivity index (χ3v) is 0. The van der Waals surface area contributed by atoms with Gasteiger partial charge in [0, 0.05) is 0 Å². The van der Waals surface area contributed by atoms with Crippen LogP contribution >= 0.6 is 0 Å². The predicted molar refractivity (Wildman–Crippen MR) is 39.8 cm³/mol. The molecule has 0 aromatic heterocycles. The topological polar surface area (TPSA) is 0 Å². The average Bonchev–Trinajstić information content (AvgIpc) is 0. The quantitative estimate of drug-likeness (QED) is 0.386. The fourth-order valence-corrected chi connectivity index (χ4v) is 0. The third kappa shape index (κ3) is 8.91. The molecule has 0 heterocycles. The maximum absolute atomic E-state index is 0. The molecule has 0 N–H and O–H groups in total. The van der Waals surface area contributed by atoms with E-state index in [9.17, 15) is 0 Å². The standard InChI is InChI=1S/Ca.2Ga.GeH4.8H/h;;;1H4;;;;;;;;. The van der Waals surface area contributed by atoms with E-state index >= 15 is 0 Å². The molecule has 0 fully saturated rings. The summed E-state index contributed by atoms with van der Waals surface area (Å²) in [6.45, 7) is 0. The van der Waals surface area contributed by atoms with Gasteiger partial charge in [-0.2, -0.15) is 0 Å². The van der Waals surface area contributed by atoms with Gasteiger partial charge in [0.05, 0.1) is 0 Å². The molecule has 0 spiro atoms. The summed E-state index contributed by atoms with van der Waals surface area (Å²) in [5, 5.41) is 0. The summed E-state index contributed by atoms with van der Waals surface area (Å²) in [6, 6.07) is 0. The van der Waals surface area contributed by atoms with Crippen LogP contribution in [0.1, 0.15) is 0 Å². The Hall–Kier alpha value is 3.08. The first-order chi connectivity index (χ1) is 0. The molecule has 0 unspecified atom stereocenters. The van der Waals surface area contributed by atoms with Crippen molar-refractivity contribution in [2.75, 3.05) is 0 Å². The van der Waals surface area contributed by atoms with Crippen molar-refractivity contribution in [3.05, 3.63) is 0 Å². The molecule has 0 aromatic carbocycles. The summed E-state index contributed by atoms with van der Waals surface area (Å²) in [5.41, 5.74) is 0. The van der Waals surface area contributed by atoms with Crippen LogP contribution < -0.4 is 0 Å². The molecule has 4 heteroatoms. The van der Waals surface area contributed by atoms with Crippen LogP contribution in [0.2, 0.25) is 0 Å². The monoisotopic (exact) mass is 264 g/mol. The second kappa shape index (κ2) is 16.5. The Morgan fingerprint density at radius 1 is 0.750 bits per heavy atom. The summed E-state index contributed by atoms with van der Waals surface area (Å²) in [6.07, 6.45) is 0. The van der Waals surface area contributed by atoms with E-state index in [0.717, 1.165) is 0 Å². The number of hydrogen-bond donors (Lipinski definition) is 0. The van der Waals surface area contributed by atoms with Crippen molar-refractivity contribution in [1.29, 1.82) is 0 Å². The van der Waals surface area contributed by atoms with E-state index in [-0.39, 0.29) is 94.9 Å². The van der Waals surface area contributed by atoms with E-state index in [4.69, 9.17) is 0 Å². The van der Waals surface area contributed by atoms with E-state index in [0.29, 0.717) is 0 Å². The van der Waals surface area contributed by atoms with Gasteiger partial charge < -0.3 is 0 Å². The SMILES string of the molecule is [CaH2].[GaH3].[GaH3].[GeH4]. The molecule has 4 heavy (non-hydrogen) atoms. The van der Waals surface area contributed by atoms with Crippen LogP contribution in [0.25, 0.3) is 0 Å². The summed E-state index contributed by atoms with van der Waals surface area (Å²) < 4.78 is 0. The van der Waals surface area contributed by atoms with Gasteiger partial charge in [0.15, 0.2) is 0 Å². The van der Waals surface area contributed by atoms with Crippen molar-refractivity contribution in [2.45, 2.75) is 0 Å². The molecular formula is H12CaGa2Ge. The summed E-state index contributed by atoms with van der Waals surface area (Å²) in [5.74, 6) is 0. The first kappa shape index (κ1) is 27.6. The fourth-order valence-electron chi connectivity index (χ4n) is 0. The molecule has 0 saturated heterocycles. The van der Waals surface area contributed by atoms with Gasteiger partial charge in [0.1, 0.15) is 0 Å². The Morgan fingerprint density at radius 3 is 0.750 bits per heavy atom. The van der Waals surface area contributed by atoms with Crippen molar-refractivity contribution < 1.29 is 0 Å². The maximum atomic E-state index is 0. The van der Waals surface area contributed by atoms with Crippen LogP contribution in [0.4, 0.5) is 0 Å². The normalized spacial score (nSPS) is 0. The molecule has 0 atom stereocenters. The van der Waals surface area contributed by atoms with Crippen LogP contribution in [-0.4, -0.2) is 94.9 Å². The van der Waals surface area contributed by atoms with E-state index in [2.05, 4.69) is 0 Å². The number of rotatable bonds is 0. The minimum atomic E-state index is 0. The van der Waals surface area contributed by atoms with E-state index in [1.807, 2.05) is 0 Å². The Morgan fingerprint density at radius 2 is 0.750 bits per heavy atom. The summed E-state index contributed by atoms with van der Waals surface area (Å²) >= 11 is 0. The minimum absolute atomic E-state index is 0. The molecule has 0 aliphatic heterocycles. The Kier molecular flexibility index (Phi) is 114. The van der Waals surface area contributed by atoms with Gasteiger partial charge in [-0.1, -0.05) is 0 Å². The third-order valence-electron chi connectivity index (χ3n) is 0. The molecule has 0 aromatic rings. The number of hydrogen-bond acceptors (Lipinski definition) is 0. The molecule has 0 radical (unpaired) electrons. The predicted octanol–water partition coefficient (Wildman–Crippen LogP) is -4.74. The van der Waals surface area contributed by atoms with Gasteiger partial charge >= 0.3 is 94.9 Å². The van der Waals surface area contributed by atoms with Crippen molar-refractivity contribution in [3.8, 4) is 0 Å². The van der Waals surface area contributed by atoms with Crippen molar-refractivity contribution in [3.63, 3.8) is 0 Å². The molecule has 24 valence electrons. The van der Waals surface area contributed by atoms with E-state index in [1.54, 1.807) is 0 Å². The van der Waals surface area contributed by atoms with Gasteiger partial charge in [-0.05, 0) is 0 Å². The summed E-state index contributed by atoms with van der Waals surface area (Å²) in [7, 11) is 0. The van der Waals surface area contributed by atoms with Gasteiger partial charge in [0.2, 0.25) is 0 Å². The summed E-state index contributed by atoms with van der Waals surface area (Å²) in [4.78, 5) is 0. The zero-order chi connectivity index (χ0) is 0. The second-order valence-electron chi connectivity index (χ2n) is 0. The molecule has 0 amide bonds. The van der Waals surface area contributed by atoms with Gasteiger partial charge in [-0.25, -0.2) is 0 Å². The van der Waals surface area contributed by atoms with Gasteiger partial charge in [-0.3, -0.25) is 0 Å². The second-order valence-corrected chi connectivity index (χ2v) is 0. The van der Waals surface area contributed by atoms with Gasteiger partial charge in [0.25, 0.3) is 0 Å². The first-order valence-electron chi connectivity index (χ1n) is 0. The van der Waals surface area contributed by atoms with Crippen LogP contribution in [-0.2, 0) is 0 Å². The van der Waals surface area contributed by atoms with Crippen LogP contribution in [0.15, 0.2) is 0 Å². The van der Waals surface area contributed by atoms with Crippen molar-refractivity contribution in [1.82, 2.24) is 0 Å². The van der Waals surface area contributed by atoms with E-state index in [1.165, 1.54) is 0 Å². The molecule has 0 bridgehead atoms. The first-order valence-corrected chi connectivity index (χ1v) is 0. The molecule has 0 aliphatic rings. The Labute approximate surface area is 92.9 Å². The molecule has 0 rings (SSSR count). The van der Waals surface area contributed by atoms with Crippen LogP contribution in [0.3, 0.4) is 0 Å². The molecule has 0 nitrogen and oxygen atoms in total. The van der Waals surface area contributed by atoms with Crippen LogP contribution in [0.5, 0.6) is 0 Å². The Bertz CT molecular complexity index is 6.00. The van der Waals surface area contributed by atoms with Gasteiger partial charge in [-0.15, -0.1) is 0 Å². The zero-order valence-corrected chi connectivity index (χ0v) is 0. The van der Waals surface area contributed by atoms with E-state index < -0.39 is 0 Å².